The number of nitrogens with one attached hydrogen (secondary N) is 3. The molecule has 4 amide bonds. The Balaban J connectivity index is 1.49. The van der Waals surface area contributed by atoms with E-state index in [2.05, 4.69) is 20.6 Å². The number of H-pyrrole nitrogens is 1. The van der Waals surface area contributed by atoms with E-state index in [-0.39, 0.29) is 18.2 Å². The second kappa shape index (κ2) is 7.55. The van der Waals surface area contributed by atoms with Gasteiger partial charge in [0.1, 0.15) is 11.9 Å². The Hall–Kier alpha value is -2.90. The van der Waals surface area contributed by atoms with Gasteiger partial charge in [-0.25, -0.2) is 9.78 Å². The monoisotopic (exact) mass is 357 g/mol. The molecule has 138 valence electrons. The third kappa shape index (κ3) is 3.68. The summed E-state index contributed by atoms with van der Waals surface area (Å²) in [5, 5.41) is 5.34. The molecule has 2 heterocycles. The van der Waals surface area contributed by atoms with Crippen molar-refractivity contribution >= 4 is 28.9 Å². The number of fused-ring (bicyclic) bond motifs is 1. The van der Waals surface area contributed by atoms with Crippen molar-refractivity contribution in [2.24, 2.45) is 0 Å². The number of aryl methyl sites for hydroxylation is 1. The lowest BCUT2D eigenvalue weighted by atomic mass is 10.2. The van der Waals surface area contributed by atoms with E-state index in [1.165, 1.54) is 0 Å². The van der Waals surface area contributed by atoms with Gasteiger partial charge in [0, 0.05) is 19.5 Å². The van der Waals surface area contributed by atoms with E-state index in [9.17, 15) is 14.4 Å². The summed E-state index contributed by atoms with van der Waals surface area (Å²) in [6, 6.07) is 4.74. The van der Waals surface area contributed by atoms with Crippen molar-refractivity contribution < 1.29 is 14.4 Å². The molecule has 1 aromatic carbocycles. The van der Waals surface area contributed by atoms with Gasteiger partial charge in [0.15, 0.2) is 0 Å². The van der Waals surface area contributed by atoms with Crippen molar-refractivity contribution in [1.82, 2.24) is 25.5 Å². The van der Waals surface area contributed by atoms with Crippen LogP contribution in [0.15, 0.2) is 18.2 Å². The van der Waals surface area contributed by atoms with E-state index in [1.54, 1.807) is 0 Å². The SMILES string of the molecule is CCCN1C(=O)NC(CC(=O)NCCc2nc3c(C)cccc3[nH]2)C1=O. The Morgan fingerprint density at radius 3 is 2.88 bits per heavy atom. The maximum absolute atomic E-state index is 12.1. The van der Waals surface area contributed by atoms with Crippen LogP contribution in [0.2, 0.25) is 0 Å². The molecular weight excluding hydrogens is 334 g/mol. The van der Waals surface area contributed by atoms with Crippen LogP contribution in [-0.4, -0.2) is 51.8 Å². The number of carbonyl (C=O) groups excluding carboxylic acids is 3. The molecule has 3 rings (SSSR count). The zero-order chi connectivity index (χ0) is 18.7. The van der Waals surface area contributed by atoms with Crippen LogP contribution in [0.1, 0.15) is 31.2 Å². The van der Waals surface area contributed by atoms with Crippen LogP contribution in [0.5, 0.6) is 0 Å². The fourth-order valence-electron chi connectivity index (χ4n) is 3.07. The molecule has 1 saturated heterocycles. The fourth-order valence-corrected chi connectivity index (χ4v) is 3.07. The molecule has 1 atom stereocenters. The van der Waals surface area contributed by atoms with Crippen LogP contribution in [0.3, 0.4) is 0 Å². The van der Waals surface area contributed by atoms with Crippen LogP contribution in [-0.2, 0) is 16.0 Å². The Bertz CT molecular complexity index is 844. The lowest BCUT2D eigenvalue weighted by Gasteiger charge is -2.11. The van der Waals surface area contributed by atoms with Gasteiger partial charge >= 0.3 is 6.03 Å². The molecule has 0 saturated carbocycles. The normalized spacial score (nSPS) is 17.0. The van der Waals surface area contributed by atoms with Gasteiger partial charge in [0.2, 0.25) is 5.91 Å². The molecule has 0 bridgehead atoms. The van der Waals surface area contributed by atoms with Gasteiger partial charge in [-0.15, -0.1) is 0 Å². The number of imide groups is 1. The fraction of sp³-hybridized carbons (Fsp3) is 0.444. The highest BCUT2D eigenvalue weighted by Gasteiger charge is 2.38. The van der Waals surface area contributed by atoms with E-state index >= 15 is 0 Å². The van der Waals surface area contributed by atoms with Crippen molar-refractivity contribution in [2.45, 2.75) is 39.2 Å². The highest BCUT2D eigenvalue weighted by Crippen LogP contribution is 2.15. The first-order valence-corrected chi connectivity index (χ1v) is 8.82. The smallest absolute Gasteiger partial charge is 0.324 e. The van der Waals surface area contributed by atoms with Crippen molar-refractivity contribution in [1.29, 1.82) is 0 Å². The maximum Gasteiger partial charge on any atom is 0.324 e. The van der Waals surface area contributed by atoms with Gasteiger partial charge in [-0.2, -0.15) is 0 Å². The predicted octanol–water partition coefficient (Wildman–Crippen LogP) is 1.25. The highest BCUT2D eigenvalue weighted by molar-refractivity contribution is 6.05. The molecule has 2 aromatic rings. The minimum Gasteiger partial charge on any atom is -0.356 e. The van der Waals surface area contributed by atoms with E-state index in [1.807, 2.05) is 32.0 Å². The second-order valence-corrected chi connectivity index (χ2v) is 6.45. The van der Waals surface area contributed by atoms with Crippen LogP contribution in [0.4, 0.5) is 4.79 Å². The number of imidazole rings is 1. The van der Waals surface area contributed by atoms with Gasteiger partial charge in [-0.3, -0.25) is 14.5 Å². The van der Waals surface area contributed by atoms with Crippen molar-refractivity contribution in [2.75, 3.05) is 13.1 Å². The summed E-state index contributed by atoms with van der Waals surface area (Å²) in [6.07, 6.45) is 1.20. The molecule has 1 unspecified atom stereocenters. The molecular formula is C18H23N5O3. The first-order chi connectivity index (χ1) is 12.5. The molecule has 0 radical (unpaired) electrons. The van der Waals surface area contributed by atoms with E-state index in [0.717, 1.165) is 27.3 Å². The number of carbonyl (C=O) groups is 3. The lowest BCUT2D eigenvalue weighted by molar-refractivity contribution is -0.130. The third-order valence-corrected chi connectivity index (χ3v) is 4.39. The Labute approximate surface area is 151 Å². The lowest BCUT2D eigenvalue weighted by Crippen LogP contribution is -2.37. The average molecular weight is 357 g/mol. The first-order valence-electron chi connectivity index (χ1n) is 8.82. The number of nitrogens with zero attached hydrogens (tertiary/aromatic N) is 2. The van der Waals surface area contributed by atoms with Crippen molar-refractivity contribution in [3.8, 4) is 0 Å². The highest BCUT2D eigenvalue weighted by atomic mass is 16.2. The molecule has 0 aliphatic carbocycles. The van der Waals surface area contributed by atoms with Crippen LogP contribution >= 0.6 is 0 Å². The van der Waals surface area contributed by atoms with Gasteiger partial charge in [-0.05, 0) is 25.0 Å². The van der Waals surface area contributed by atoms with Gasteiger partial charge < -0.3 is 15.6 Å². The molecule has 0 spiro atoms. The van der Waals surface area contributed by atoms with Crippen LogP contribution in [0, 0.1) is 6.92 Å². The number of benzene rings is 1. The van der Waals surface area contributed by atoms with Crippen molar-refractivity contribution in [3.05, 3.63) is 29.6 Å². The summed E-state index contributed by atoms with van der Waals surface area (Å²) in [6.45, 7) is 4.67. The average Bonchev–Trinajstić information content (AvgIpc) is 3.12. The molecule has 1 aliphatic heterocycles. The zero-order valence-corrected chi connectivity index (χ0v) is 15.0. The number of amides is 4. The topological polar surface area (TPSA) is 107 Å². The van der Waals surface area contributed by atoms with Gasteiger partial charge in [0.25, 0.3) is 5.91 Å². The summed E-state index contributed by atoms with van der Waals surface area (Å²) in [4.78, 5) is 44.8. The quantitative estimate of drug-likeness (QED) is 0.648. The number of urea groups is 1. The summed E-state index contributed by atoms with van der Waals surface area (Å²) in [7, 11) is 0. The second-order valence-electron chi connectivity index (χ2n) is 6.45. The number of hydrogen-bond acceptors (Lipinski definition) is 4. The minimum atomic E-state index is -0.775. The van der Waals surface area contributed by atoms with E-state index in [4.69, 9.17) is 0 Å². The largest absolute Gasteiger partial charge is 0.356 e. The van der Waals surface area contributed by atoms with Gasteiger partial charge in [-0.1, -0.05) is 19.1 Å². The number of para-hydroxylation sites is 1. The van der Waals surface area contributed by atoms with Crippen molar-refractivity contribution in [3.63, 3.8) is 0 Å². The van der Waals surface area contributed by atoms with Crippen LogP contribution in [0.25, 0.3) is 11.0 Å². The summed E-state index contributed by atoms with van der Waals surface area (Å²) >= 11 is 0. The first kappa shape index (κ1) is 17.9. The minimum absolute atomic E-state index is 0.0516. The summed E-state index contributed by atoms with van der Waals surface area (Å²) in [5.41, 5.74) is 3.01. The van der Waals surface area contributed by atoms with Crippen LogP contribution < -0.4 is 10.6 Å². The number of aromatic amines is 1. The molecule has 8 heteroatoms. The van der Waals surface area contributed by atoms with E-state index < -0.39 is 12.1 Å². The molecule has 3 N–H and O–H groups in total. The molecule has 1 aliphatic rings. The van der Waals surface area contributed by atoms with Gasteiger partial charge in [0.05, 0.1) is 17.5 Å². The predicted molar refractivity (Wildman–Crippen MR) is 96.5 cm³/mol. The number of aromatic nitrogens is 2. The maximum atomic E-state index is 12.1. The molecule has 26 heavy (non-hydrogen) atoms. The molecule has 8 nitrogen and oxygen atoms in total. The van der Waals surface area contributed by atoms with E-state index in [0.29, 0.717) is 25.9 Å². The third-order valence-electron chi connectivity index (χ3n) is 4.39. The number of hydrogen-bond donors (Lipinski definition) is 3. The number of rotatable bonds is 7. The Kier molecular flexibility index (Phi) is 5.20. The zero-order valence-electron chi connectivity index (χ0n) is 15.0. The molecule has 1 fully saturated rings. The Morgan fingerprint density at radius 1 is 1.35 bits per heavy atom. The summed E-state index contributed by atoms with van der Waals surface area (Å²) < 4.78 is 0. The Morgan fingerprint density at radius 2 is 2.15 bits per heavy atom. The molecule has 1 aromatic heterocycles. The standard InChI is InChI=1S/C18H23N5O3/c1-3-9-23-17(25)13(21-18(23)26)10-15(24)19-8-7-14-20-12-6-4-5-11(2)16(12)22-14/h4-6,13H,3,7-10H2,1-2H3,(H,19,24)(H,20,22)(H,21,26). The summed E-state index contributed by atoms with van der Waals surface area (Å²) in [5.74, 6) is 0.197.